The van der Waals surface area contributed by atoms with Gasteiger partial charge in [0.15, 0.2) is 0 Å². The Labute approximate surface area is 153 Å². The van der Waals surface area contributed by atoms with Crippen LogP contribution in [0.15, 0.2) is 30.6 Å². The summed E-state index contributed by atoms with van der Waals surface area (Å²) in [6, 6.07) is 6.14. The van der Waals surface area contributed by atoms with Crippen LogP contribution in [0.1, 0.15) is 21.7 Å². The number of ether oxygens (including phenoxy) is 1. The fourth-order valence-corrected chi connectivity index (χ4v) is 3.92. The number of aryl methyl sites for hydroxylation is 2. The van der Waals surface area contributed by atoms with E-state index in [1.807, 2.05) is 24.9 Å². The first kappa shape index (κ1) is 17.2. The van der Waals surface area contributed by atoms with Gasteiger partial charge in [0.25, 0.3) is 5.91 Å². The Morgan fingerprint density at radius 2 is 2.19 bits per heavy atom. The molecule has 0 unspecified atom stereocenters. The maximum absolute atomic E-state index is 12.8. The molecule has 0 saturated carbocycles. The van der Waals surface area contributed by atoms with Crippen LogP contribution < -0.4 is 0 Å². The van der Waals surface area contributed by atoms with E-state index in [4.69, 9.17) is 4.74 Å². The molecule has 4 heterocycles. The van der Waals surface area contributed by atoms with Gasteiger partial charge in [-0.1, -0.05) is 6.07 Å². The topological polar surface area (TPSA) is 63.5 Å². The predicted octanol–water partition coefficient (Wildman–Crippen LogP) is 1.10. The van der Waals surface area contributed by atoms with Gasteiger partial charge in [-0.2, -0.15) is 5.10 Å². The van der Waals surface area contributed by atoms with Crippen molar-refractivity contribution in [2.24, 2.45) is 13.0 Å². The Hall–Kier alpha value is -2.25. The van der Waals surface area contributed by atoms with Crippen LogP contribution in [0.4, 0.5) is 0 Å². The zero-order valence-electron chi connectivity index (χ0n) is 15.3. The second-order valence-electron chi connectivity index (χ2n) is 7.29. The van der Waals surface area contributed by atoms with Gasteiger partial charge in [-0.3, -0.25) is 19.4 Å². The molecule has 1 amide bonds. The van der Waals surface area contributed by atoms with E-state index in [2.05, 4.69) is 27.1 Å². The molecule has 2 aliphatic rings. The van der Waals surface area contributed by atoms with Gasteiger partial charge >= 0.3 is 0 Å². The third-order valence-corrected chi connectivity index (χ3v) is 5.18. The first-order valence-electron chi connectivity index (χ1n) is 9.13. The average molecular weight is 355 g/mol. The number of pyridine rings is 1. The molecule has 7 nitrogen and oxygen atoms in total. The Bertz CT molecular complexity index is 790. The first-order valence-corrected chi connectivity index (χ1v) is 9.13. The average Bonchev–Trinajstić information content (AvgIpc) is 3.15. The highest BCUT2D eigenvalue weighted by Gasteiger charge is 2.37. The van der Waals surface area contributed by atoms with Crippen LogP contribution in [0.5, 0.6) is 0 Å². The van der Waals surface area contributed by atoms with Gasteiger partial charge in [-0.25, -0.2) is 0 Å². The molecule has 4 rings (SSSR count). The Morgan fingerprint density at radius 3 is 2.96 bits per heavy atom. The molecule has 0 radical (unpaired) electrons. The standard InChI is InChI=1S/C19H25N5O2/c1-14-4-3-5-17(21-14)12-23-10-16-11-24(6-7-26-18(16)13-23)19(25)15-8-20-22(2)9-15/h3-5,8-9,16,18H,6-7,10-13H2,1-2H3/t16-,18-/m0/s1. The van der Waals surface area contributed by atoms with E-state index in [0.717, 1.165) is 37.6 Å². The molecule has 0 spiro atoms. The number of hydrogen-bond donors (Lipinski definition) is 0. The summed E-state index contributed by atoms with van der Waals surface area (Å²) in [6.07, 6.45) is 3.60. The van der Waals surface area contributed by atoms with E-state index >= 15 is 0 Å². The van der Waals surface area contributed by atoms with Gasteiger partial charge in [0.2, 0.25) is 0 Å². The van der Waals surface area contributed by atoms with Crippen LogP contribution in [0.2, 0.25) is 0 Å². The summed E-state index contributed by atoms with van der Waals surface area (Å²) in [5.41, 5.74) is 2.77. The molecule has 2 fully saturated rings. The third kappa shape index (κ3) is 3.64. The van der Waals surface area contributed by atoms with Crippen molar-refractivity contribution in [2.45, 2.75) is 19.6 Å². The fourth-order valence-electron chi connectivity index (χ4n) is 3.92. The molecule has 2 aromatic heterocycles. The lowest BCUT2D eigenvalue weighted by Gasteiger charge is -2.23. The molecule has 2 saturated heterocycles. The van der Waals surface area contributed by atoms with Crippen molar-refractivity contribution in [1.29, 1.82) is 0 Å². The van der Waals surface area contributed by atoms with Crippen LogP contribution in [0, 0.1) is 12.8 Å². The SMILES string of the molecule is Cc1cccc(CN2C[C@H]3CN(C(=O)c4cnn(C)c4)CCO[C@H]3C2)n1. The van der Waals surface area contributed by atoms with E-state index < -0.39 is 0 Å². The number of likely N-dealkylation sites (tertiary alicyclic amines) is 1. The fraction of sp³-hybridized carbons (Fsp3) is 0.526. The van der Waals surface area contributed by atoms with Gasteiger partial charge in [-0.15, -0.1) is 0 Å². The van der Waals surface area contributed by atoms with Crippen LogP contribution in [0.3, 0.4) is 0 Å². The minimum atomic E-state index is 0.0427. The number of amides is 1. The molecule has 0 bridgehead atoms. The number of carbonyl (C=O) groups is 1. The number of fused-ring (bicyclic) bond motifs is 1. The summed E-state index contributed by atoms with van der Waals surface area (Å²) in [4.78, 5) is 21.7. The normalized spacial score (nSPS) is 23.7. The van der Waals surface area contributed by atoms with Gasteiger partial charge in [-0.05, 0) is 19.1 Å². The van der Waals surface area contributed by atoms with Crippen LogP contribution in [-0.4, -0.2) is 69.4 Å². The van der Waals surface area contributed by atoms with Crippen molar-refractivity contribution in [3.05, 3.63) is 47.5 Å². The summed E-state index contributed by atoms with van der Waals surface area (Å²) in [7, 11) is 1.83. The Balaban J connectivity index is 1.41. The maximum atomic E-state index is 12.8. The van der Waals surface area contributed by atoms with Crippen molar-refractivity contribution in [2.75, 3.05) is 32.8 Å². The molecule has 0 aromatic carbocycles. The highest BCUT2D eigenvalue weighted by atomic mass is 16.5. The smallest absolute Gasteiger partial charge is 0.257 e. The zero-order valence-corrected chi connectivity index (χ0v) is 15.3. The maximum Gasteiger partial charge on any atom is 0.257 e. The van der Waals surface area contributed by atoms with Crippen molar-refractivity contribution in [3.8, 4) is 0 Å². The van der Waals surface area contributed by atoms with Gasteiger partial charge < -0.3 is 9.64 Å². The molecule has 26 heavy (non-hydrogen) atoms. The highest BCUT2D eigenvalue weighted by Crippen LogP contribution is 2.25. The molecule has 7 heteroatoms. The lowest BCUT2D eigenvalue weighted by atomic mass is 10.1. The lowest BCUT2D eigenvalue weighted by Crippen LogP contribution is -2.37. The summed E-state index contributed by atoms with van der Waals surface area (Å²) in [5, 5.41) is 4.11. The predicted molar refractivity (Wildman–Crippen MR) is 96.6 cm³/mol. The number of carbonyl (C=O) groups excluding carboxylic acids is 1. The van der Waals surface area contributed by atoms with Gasteiger partial charge in [0.1, 0.15) is 0 Å². The number of nitrogens with zero attached hydrogens (tertiary/aromatic N) is 5. The quantitative estimate of drug-likeness (QED) is 0.825. The van der Waals surface area contributed by atoms with E-state index in [-0.39, 0.29) is 12.0 Å². The van der Waals surface area contributed by atoms with E-state index in [1.54, 1.807) is 17.1 Å². The number of rotatable bonds is 3. The molecule has 0 N–H and O–H groups in total. The lowest BCUT2D eigenvalue weighted by molar-refractivity contribution is 0.0500. The summed E-state index contributed by atoms with van der Waals surface area (Å²) < 4.78 is 7.73. The molecule has 2 atom stereocenters. The molecular weight excluding hydrogens is 330 g/mol. The molecular formula is C19H25N5O2. The summed E-state index contributed by atoms with van der Waals surface area (Å²) >= 11 is 0. The molecule has 0 aliphatic carbocycles. The third-order valence-electron chi connectivity index (χ3n) is 5.18. The molecule has 2 aromatic rings. The van der Waals surface area contributed by atoms with Crippen LogP contribution in [0.25, 0.3) is 0 Å². The largest absolute Gasteiger partial charge is 0.375 e. The zero-order chi connectivity index (χ0) is 18.1. The minimum Gasteiger partial charge on any atom is -0.375 e. The number of hydrogen-bond acceptors (Lipinski definition) is 5. The summed E-state index contributed by atoms with van der Waals surface area (Å²) in [6.45, 7) is 6.63. The van der Waals surface area contributed by atoms with Gasteiger partial charge in [0, 0.05) is 57.6 Å². The second-order valence-corrected chi connectivity index (χ2v) is 7.29. The van der Waals surface area contributed by atoms with Crippen molar-refractivity contribution in [3.63, 3.8) is 0 Å². The van der Waals surface area contributed by atoms with E-state index in [9.17, 15) is 4.79 Å². The highest BCUT2D eigenvalue weighted by molar-refractivity contribution is 5.93. The monoisotopic (exact) mass is 355 g/mol. The second kappa shape index (κ2) is 7.17. The van der Waals surface area contributed by atoms with Crippen LogP contribution >= 0.6 is 0 Å². The Kier molecular flexibility index (Phi) is 4.74. The number of aromatic nitrogens is 3. The Morgan fingerprint density at radius 1 is 1.31 bits per heavy atom. The van der Waals surface area contributed by atoms with E-state index in [0.29, 0.717) is 24.6 Å². The first-order chi connectivity index (χ1) is 12.6. The van der Waals surface area contributed by atoms with Gasteiger partial charge in [0.05, 0.1) is 30.2 Å². The minimum absolute atomic E-state index is 0.0427. The van der Waals surface area contributed by atoms with Crippen molar-refractivity contribution in [1.82, 2.24) is 24.6 Å². The summed E-state index contributed by atoms with van der Waals surface area (Å²) in [5.74, 6) is 0.379. The van der Waals surface area contributed by atoms with Crippen molar-refractivity contribution >= 4 is 5.91 Å². The molecule has 138 valence electrons. The van der Waals surface area contributed by atoms with Crippen molar-refractivity contribution < 1.29 is 9.53 Å². The molecule has 2 aliphatic heterocycles. The van der Waals surface area contributed by atoms with Crippen LogP contribution in [-0.2, 0) is 18.3 Å². The van der Waals surface area contributed by atoms with E-state index in [1.165, 1.54) is 0 Å².